The van der Waals surface area contributed by atoms with Crippen molar-refractivity contribution in [1.29, 1.82) is 0 Å². The Morgan fingerprint density at radius 2 is 1.94 bits per heavy atom. The SMILES string of the molecule is Cc1c(N)nnc(-c2cccc([N+](=O)[O-])c2)c1C. The van der Waals surface area contributed by atoms with Crippen molar-refractivity contribution in [1.82, 2.24) is 10.2 Å². The molecule has 2 rings (SSSR count). The first kappa shape index (κ1) is 12.0. The van der Waals surface area contributed by atoms with Crippen molar-refractivity contribution >= 4 is 11.5 Å². The molecule has 6 nitrogen and oxygen atoms in total. The van der Waals surface area contributed by atoms with Crippen LogP contribution in [-0.4, -0.2) is 15.1 Å². The monoisotopic (exact) mass is 244 g/mol. The van der Waals surface area contributed by atoms with E-state index in [1.54, 1.807) is 12.1 Å². The van der Waals surface area contributed by atoms with Crippen molar-refractivity contribution in [3.63, 3.8) is 0 Å². The van der Waals surface area contributed by atoms with Gasteiger partial charge in [0.2, 0.25) is 0 Å². The molecule has 0 spiro atoms. The van der Waals surface area contributed by atoms with E-state index in [4.69, 9.17) is 5.73 Å². The van der Waals surface area contributed by atoms with E-state index in [1.165, 1.54) is 12.1 Å². The molecule has 0 fully saturated rings. The molecule has 18 heavy (non-hydrogen) atoms. The highest BCUT2D eigenvalue weighted by atomic mass is 16.6. The van der Waals surface area contributed by atoms with E-state index in [2.05, 4.69) is 10.2 Å². The Bertz CT molecular complexity index is 625. The molecule has 0 unspecified atom stereocenters. The maximum Gasteiger partial charge on any atom is 0.270 e. The quantitative estimate of drug-likeness (QED) is 0.645. The Kier molecular flexibility index (Phi) is 2.93. The zero-order valence-corrected chi connectivity index (χ0v) is 10.0. The van der Waals surface area contributed by atoms with Crippen molar-refractivity contribution in [2.45, 2.75) is 13.8 Å². The van der Waals surface area contributed by atoms with Gasteiger partial charge < -0.3 is 5.73 Å². The third-order valence-electron chi connectivity index (χ3n) is 2.89. The lowest BCUT2D eigenvalue weighted by molar-refractivity contribution is -0.384. The van der Waals surface area contributed by atoms with Crippen LogP contribution in [0.15, 0.2) is 24.3 Å². The summed E-state index contributed by atoms with van der Waals surface area (Å²) in [5.41, 5.74) is 8.69. The van der Waals surface area contributed by atoms with Gasteiger partial charge in [-0.1, -0.05) is 12.1 Å². The van der Waals surface area contributed by atoms with E-state index >= 15 is 0 Å². The molecule has 0 bridgehead atoms. The van der Waals surface area contributed by atoms with Gasteiger partial charge in [-0.15, -0.1) is 10.2 Å². The lowest BCUT2D eigenvalue weighted by atomic mass is 10.0. The van der Waals surface area contributed by atoms with Crippen molar-refractivity contribution in [3.05, 3.63) is 45.5 Å². The predicted molar refractivity (Wildman–Crippen MR) is 68.0 cm³/mol. The predicted octanol–water partition coefficient (Wildman–Crippen LogP) is 2.25. The summed E-state index contributed by atoms with van der Waals surface area (Å²) in [7, 11) is 0. The van der Waals surface area contributed by atoms with Gasteiger partial charge in [-0.3, -0.25) is 10.1 Å². The number of nitrogen functional groups attached to an aromatic ring is 1. The number of nitro benzene ring substituents is 1. The third kappa shape index (κ3) is 2.00. The third-order valence-corrected chi connectivity index (χ3v) is 2.89. The van der Waals surface area contributed by atoms with Crippen molar-refractivity contribution in [3.8, 4) is 11.3 Å². The highest BCUT2D eigenvalue weighted by molar-refractivity contribution is 5.67. The molecule has 1 aromatic carbocycles. The van der Waals surface area contributed by atoms with Gasteiger partial charge in [0, 0.05) is 17.7 Å². The number of nitrogens with zero attached hydrogens (tertiary/aromatic N) is 3. The molecule has 2 N–H and O–H groups in total. The summed E-state index contributed by atoms with van der Waals surface area (Å²) in [4.78, 5) is 10.3. The van der Waals surface area contributed by atoms with Crippen molar-refractivity contribution in [2.75, 3.05) is 5.73 Å². The van der Waals surface area contributed by atoms with Crippen LogP contribution in [0.5, 0.6) is 0 Å². The van der Waals surface area contributed by atoms with Crippen LogP contribution in [0, 0.1) is 24.0 Å². The molecule has 6 heteroatoms. The van der Waals surface area contributed by atoms with E-state index in [-0.39, 0.29) is 5.69 Å². The molecule has 92 valence electrons. The standard InChI is InChI=1S/C12H12N4O2/c1-7-8(2)12(13)15-14-11(7)9-4-3-5-10(6-9)16(17)18/h3-6H,1-2H3,(H2,13,15). The topological polar surface area (TPSA) is 94.9 Å². The average molecular weight is 244 g/mol. The van der Waals surface area contributed by atoms with Crippen LogP contribution in [0.4, 0.5) is 11.5 Å². The molecule has 1 aromatic heterocycles. The maximum atomic E-state index is 10.7. The molecular weight excluding hydrogens is 232 g/mol. The van der Waals surface area contributed by atoms with Gasteiger partial charge in [-0.05, 0) is 25.0 Å². The van der Waals surface area contributed by atoms with Crippen molar-refractivity contribution < 1.29 is 4.92 Å². The largest absolute Gasteiger partial charge is 0.382 e. The fourth-order valence-electron chi connectivity index (χ4n) is 1.66. The Morgan fingerprint density at radius 3 is 2.61 bits per heavy atom. The number of hydrogen-bond acceptors (Lipinski definition) is 5. The number of aromatic nitrogens is 2. The minimum Gasteiger partial charge on any atom is -0.382 e. The lowest BCUT2D eigenvalue weighted by Crippen LogP contribution is -2.02. The Labute approximate surface area is 104 Å². The van der Waals surface area contributed by atoms with Crippen molar-refractivity contribution in [2.24, 2.45) is 0 Å². The van der Waals surface area contributed by atoms with E-state index in [0.29, 0.717) is 17.1 Å². The number of benzene rings is 1. The van der Waals surface area contributed by atoms with Crippen LogP contribution in [0.3, 0.4) is 0 Å². The second kappa shape index (κ2) is 4.40. The molecule has 0 saturated heterocycles. The molecule has 2 aromatic rings. The van der Waals surface area contributed by atoms with Crippen LogP contribution >= 0.6 is 0 Å². The number of anilines is 1. The first-order chi connectivity index (χ1) is 8.50. The van der Waals surface area contributed by atoms with Gasteiger partial charge in [0.25, 0.3) is 5.69 Å². The highest BCUT2D eigenvalue weighted by Crippen LogP contribution is 2.27. The number of nitro groups is 1. The minimum atomic E-state index is -0.434. The summed E-state index contributed by atoms with van der Waals surface area (Å²) < 4.78 is 0. The molecule has 1 heterocycles. The van der Waals surface area contributed by atoms with Gasteiger partial charge >= 0.3 is 0 Å². The second-order valence-electron chi connectivity index (χ2n) is 3.99. The number of rotatable bonds is 2. The van der Waals surface area contributed by atoms with Gasteiger partial charge in [0.1, 0.15) is 5.82 Å². The first-order valence-corrected chi connectivity index (χ1v) is 5.35. The zero-order chi connectivity index (χ0) is 13.3. The molecule has 0 amide bonds. The smallest absolute Gasteiger partial charge is 0.270 e. The molecule has 0 atom stereocenters. The van der Waals surface area contributed by atoms with Crippen LogP contribution < -0.4 is 5.73 Å². The highest BCUT2D eigenvalue weighted by Gasteiger charge is 2.12. The first-order valence-electron chi connectivity index (χ1n) is 5.35. The van der Waals surface area contributed by atoms with E-state index < -0.39 is 4.92 Å². The Balaban J connectivity index is 2.59. The van der Waals surface area contributed by atoms with Gasteiger partial charge in [0.05, 0.1) is 10.6 Å². The molecule has 0 saturated carbocycles. The van der Waals surface area contributed by atoms with E-state index in [0.717, 1.165) is 11.1 Å². The minimum absolute atomic E-state index is 0.0307. The summed E-state index contributed by atoms with van der Waals surface area (Å²) in [6, 6.07) is 6.31. The van der Waals surface area contributed by atoms with Crippen LogP contribution in [-0.2, 0) is 0 Å². The normalized spacial score (nSPS) is 10.3. The Hall–Kier alpha value is -2.50. The van der Waals surface area contributed by atoms with E-state index in [9.17, 15) is 10.1 Å². The van der Waals surface area contributed by atoms with Crippen LogP contribution in [0.2, 0.25) is 0 Å². The van der Waals surface area contributed by atoms with E-state index in [1.807, 2.05) is 13.8 Å². The molecular formula is C12H12N4O2. The summed E-state index contributed by atoms with van der Waals surface area (Å²) in [5.74, 6) is 0.377. The molecule has 0 aliphatic rings. The van der Waals surface area contributed by atoms with Crippen LogP contribution in [0.25, 0.3) is 11.3 Å². The fraction of sp³-hybridized carbons (Fsp3) is 0.167. The maximum absolute atomic E-state index is 10.7. The number of non-ortho nitro benzene ring substituents is 1. The van der Waals surface area contributed by atoms with Gasteiger partial charge in [-0.25, -0.2) is 0 Å². The average Bonchev–Trinajstić information content (AvgIpc) is 2.36. The molecule has 0 aliphatic heterocycles. The summed E-state index contributed by atoms with van der Waals surface area (Å²) in [5, 5.41) is 18.6. The fourth-order valence-corrected chi connectivity index (χ4v) is 1.66. The number of hydrogen-bond donors (Lipinski definition) is 1. The summed E-state index contributed by atoms with van der Waals surface area (Å²) >= 11 is 0. The molecule has 0 aliphatic carbocycles. The summed E-state index contributed by atoms with van der Waals surface area (Å²) in [6.45, 7) is 3.72. The van der Waals surface area contributed by atoms with Gasteiger partial charge in [-0.2, -0.15) is 0 Å². The number of nitrogens with two attached hydrogens (primary N) is 1. The van der Waals surface area contributed by atoms with Gasteiger partial charge in [0.15, 0.2) is 0 Å². The van der Waals surface area contributed by atoms with Crippen LogP contribution in [0.1, 0.15) is 11.1 Å². The molecule has 0 radical (unpaired) electrons. The zero-order valence-electron chi connectivity index (χ0n) is 10.0. The second-order valence-corrected chi connectivity index (χ2v) is 3.99. The Morgan fingerprint density at radius 1 is 1.22 bits per heavy atom. The lowest BCUT2D eigenvalue weighted by Gasteiger charge is -2.08. The summed E-state index contributed by atoms with van der Waals surface area (Å²) in [6.07, 6.45) is 0.